The van der Waals surface area contributed by atoms with E-state index in [0.717, 1.165) is 74.4 Å². The summed E-state index contributed by atoms with van der Waals surface area (Å²) in [5, 5.41) is 2.25. The third-order valence-corrected chi connectivity index (χ3v) is 11.6. The number of hydrogen-bond donors (Lipinski definition) is 0. The fraction of sp³-hybridized carbons (Fsp3) is 0.260. The summed E-state index contributed by atoms with van der Waals surface area (Å²) in [7, 11) is 0. The van der Waals surface area contributed by atoms with Gasteiger partial charge in [0.15, 0.2) is 0 Å². The van der Waals surface area contributed by atoms with Crippen molar-refractivity contribution in [1.82, 2.24) is 19.1 Å². The van der Waals surface area contributed by atoms with Crippen LogP contribution in [0.1, 0.15) is 76.9 Å². The smallest absolute Gasteiger partial charge is 0.135 e. The topological polar surface area (TPSA) is 51.4 Å². The van der Waals surface area contributed by atoms with Gasteiger partial charge in [-0.1, -0.05) is 83.0 Å². The van der Waals surface area contributed by atoms with Crippen LogP contribution in [0.5, 0.6) is 11.5 Å². The van der Waals surface area contributed by atoms with E-state index in [1.165, 1.54) is 35.3 Å². The largest absolute Gasteiger partial charge is 0.509 e. The minimum absolute atomic E-state index is 0. The summed E-state index contributed by atoms with van der Waals surface area (Å²) in [6.45, 7) is 18.7. The van der Waals surface area contributed by atoms with Crippen LogP contribution in [0.15, 0.2) is 103 Å². The molecule has 0 aliphatic carbocycles. The third kappa shape index (κ3) is 6.58. The van der Waals surface area contributed by atoms with Gasteiger partial charge in [-0.3, -0.25) is 0 Å². The predicted molar refractivity (Wildman–Crippen MR) is 233 cm³/mol. The number of aryl methyl sites for hydroxylation is 3. The van der Waals surface area contributed by atoms with Gasteiger partial charge in [-0.25, -0.2) is 9.97 Å². The molecule has 5 heterocycles. The second-order valence-corrected chi connectivity index (χ2v) is 17.7. The molecule has 0 bridgehead atoms. The van der Waals surface area contributed by atoms with Crippen LogP contribution in [0.2, 0.25) is 0 Å². The first-order valence-corrected chi connectivity index (χ1v) is 20.1. The molecule has 0 N–H and O–H groups in total. The van der Waals surface area contributed by atoms with Gasteiger partial charge in [0, 0.05) is 74.3 Å². The normalized spacial score (nSPS) is 14.3. The molecule has 0 saturated carbocycles. The first kappa shape index (κ1) is 38.1. The zero-order chi connectivity index (χ0) is 39.2. The number of rotatable bonds is 5. The van der Waals surface area contributed by atoms with E-state index in [4.69, 9.17) is 14.7 Å². The summed E-state index contributed by atoms with van der Waals surface area (Å²) < 4.78 is 11.4. The minimum atomic E-state index is -0.155. The van der Waals surface area contributed by atoms with Gasteiger partial charge in [-0.2, -0.15) is 6.07 Å². The van der Waals surface area contributed by atoms with Crippen LogP contribution in [0.4, 0.5) is 22.7 Å². The molecule has 5 aromatic carbocycles. The van der Waals surface area contributed by atoms with Crippen molar-refractivity contribution in [3.63, 3.8) is 0 Å². The number of benzene rings is 5. The number of fused-ring (bicyclic) bond motifs is 7. The van der Waals surface area contributed by atoms with Crippen molar-refractivity contribution in [1.29, 1.82) is 0 Å². The summed E-state index contributed by atoms with van der Waals surface area (Å²) in [4.78, 5) is 14.5. The Bertz CT molecular complexity index is 2860. The quantitative estimate of drug-likeness (QED) is 0.161. The van der Waals surface area contributed by atoms with Crippen LogP contribution in [-0.4, -0.2) is 19.1 Å². The number of aromatic nitrogens is 4. The Morgan fingerprint density at radius 2 is 1.48 bits per heavy atom. The molecule has 2 aliphatic heterocycles. The molecule has 0 amide bonds. The van der Waals surface area contributed by atoms with Gasteiger partial charge < -0.3 is 23.7 Å². The maximum Gasteiger partial charge on any atom is 0.135 e. The third-order valence-electron chi connectivity index (χ3n) is 11.6. The SMILES string of the molecule is Cc1ccc(N2[CH-]N(c3[c-]c(Oc4[c-]c5c(cc4)c4ccccc4n5-c4cc(C(C)(C)C)ccn4)cc(C(C)(C)C)c3)c3cc4nc5n(c4cc32)CCCC5)cc1.[Pt]. The van der Waals surface area contributed by atoms with Crippen molar-refractivity contribution in [2.45, 2.75) is 85.1 Å². The second kappa shape index (κ2) is 14.2. The van der Waals surface area contributed by atoms with Gasteiger partial charge in [0.25, 0.3) is 0 Å². The zero-order valence-corrected chi connectivity index (χ0v) is 36.4. The van der Waals surface area contributed by atoms with Gasteiger partial charge in [-0.15, -0.1) is 53.6 Å². The molecular formula is C50H47N6OPt-3. The van der Waals surface area contributed by atoms with Gasteiger partial charge in [0.2, 0.25) is 0 Å². The Hall–Kier alpha value is -5.39. The fourth-order valence-electron chi connectivity index (χ4n) is 8.36. The Morgan fingerprint density at radius 3 is 2.28 bits per heavy atom. The molecule has 7 nitrogen and oxygen atoms in total. The molecule has 10 rings (SSSR count). The molecule has 296 valence electrons. The molecule has 0 spiro atoms. The van der Waals surface area contributed by atoms with Crippen LogP contribution in [0.3, 0.4) is 0 Å². The second-order valence-electron chi connectivity index (χ2n) is 17.7. The molecule has 2 aliphatic rings. The van der Waals surface area contributed by atoms with Crippen molar-refractivity contribution in [3.05, 3.63) is 145 Å². The molecule has 0 unspecified atom stereocenters. The van der Waals surface area contributed by atoms with Crippen LogP contribution in [0, 0.1) is 25.7 Å². The molecule has 0 fully saturated rings. The van der Waals surface area contributed by atoms with Crippen LogP contribution >= 0.6 is 0 Å². The van der Waals surface area contributed by atoms with Gasteiger partial charge in [0.05, 0.1) is 11.0 Å². The Morgan fingerprint density at radius 1 is 0.707 bits per heavy atom. The van der Waals surface area contributed by atoms with Crippen molar-refractivity contribution in [3.8, 4) is 17.3 Å². The predicted octanol–water partition coefficient (Wildman–Crippen LogP) is 12.6. The Kier molecular flexibility index (Phi) is 9.31. The standard InChI is InChI=1S/C50H47N6O.Pt/c1-32-15-17-35(18-16-32)54-31-55(45-29-41-44(30-46(45)54)53-23-11-10-14-47(53)52-41)36-24-34(50(5,6)7)25-38(27-36)57-37-19-20-40-39-12-8-9-13-42(39)56(43(40)28-37)48-26-33(21-22-51-48)49(2,3)4;/h8-9,12-13,15-22,24-26,29-31H,10-11,14,23H2,1-7H3;/q-3;. The van der Waals surface area contributed by atoms with E-state index < -0.39 is 0 Å². The summed E-state index contributed by atoms with van der Waals surface area (Å²) >= 11 is 0. The fourth-order valence-corrected chi connectivity index (χ4v) is 8.36. The first-order valence-electron chi connectivity index (χ1n) is 20.1. The van der Waals surface area contributed by atoms with Crippen molar-refractivity contribution in [2.24, 2.45) is 0 Å². The van der Waals surface area contributed by atoms with E-state index in [2.05, 4.69) is 177 Å². The molecule has 8 heteroatoms. The van der Waals surface area contributed by atoms with E-state index in [1.807, 2.05) is 12.3 Å². The molecule has 0 atom stereocenters. The van der Waals surface area contributed by atoms with E-state index in [-0.39, 0.29) is 31.9 Å². The molecule has 8 aromatic rings. The number of anilines is 4. The van der Waals surface area contributed by atoms with Gasteiger partial charge >= 0.3 is 0 Å². The van der Waals surface area contributed by atoms with Gasteiger partial charge in [0.1, 0.15) is 11.6 Å². The maximum absolute atomic E-state index is 6.81. The molecule has 58 heavy (non-hydrogen) atoms. The van der Waals surface area contributed by atoms with Crippen LogP contribution in [-0.2, 0) is 44.9 Å². The first-order chi connectivity index (χ1) is 27.4. The minimum Gasteiger partial charge on any atom is -0.509 e. The average molecular weight is 943 g/mol. The van der Waals surface area contributed by atoms with E-state index in [9.17, 15) is 0 Å². The van der Waals surface area contributed by atoms with E-state index >= 15 is 0 Å². The summed E-state index contributed by atoms with van der Waals surface area (Å²) in [6, 6.07) is 42.0. The van der Waals surface area contributed by atoms with Crippen LogP contribution in [0.25, 0.3) is 38.7 Å². The van der Waals surface area contributed by atoms with Gasteiger partial charge in [-0.05, 0) is 84.0 Å². The molecule has 3 aromatic heterocycles. The van der Waals surface area contributed by atoms with E-state index in [1.54, 1.807) is 0 Å². The number of hydrogen-bond acceptors (Lipinski definition) is 5. The van der Waals surface area contributed by atoms with Crippen molar-refractivity contribution in [2.75, 3.05) is 9.80 Å². The summed E-state index contributed by atoms with van der Waals surface area (Å²) in [5.41, 5.74) is 11.8. The van der Waals surface area contributed by atoms with Crippen molar-refractivity contribution >= 4 is 55.6 Å². The molecule has 0 radical (unpaired) electrons. The monoisotopic (exact) mass is 942 g/mol. The average Bonchev–Trinajstić information content (AvgIpc) is 3.86. The zero-order valence-electron chi connectivity index (χ0n) is 34.1. The maximum atomic E-state index is 6.81. The number of ether oxygens (including phenoxy) is 1. The van der Waals surface area contributed by atoms with Crippen molar-refractivity contribution < 1.29 is 25.8 Å². The van der Waals surface area contributed by atoms with E-state index in [0.29, 0.717) is 11.5 Å². The van der Waals surface area contributed by atoms with Crippen LogP contribution < -0.4 is 14.5 Å². The summed E-state index contributed by atoms with van der Waals surface area (Å²) in [5.74, 6) is 3.29. The summed E-state index contributed by atoms with van der Waals surface area (Å²) in [6.07, 6.45) is 5.29. The molecule has 0 saturated heterocycles. The Balaban J connectivity index is 0.00000436. The Labute approximate surface area is 355 Å². The number of nitrogens with zero attached hydrogens (tertiary/aromatic N) is 6. The number of para-hydroxylation sites is 1. The molecular weight excluding hydrogens is 896 g/mol. The number of imidazole rings is 1. The number of pyridine rings is 1.